The zero-order chi connectivity index (χ0) is 24.0. The highest BCUT2D eigenvalue weighted by atomic mass is 19.4. The van der Waals surface area contributed by atoms with Crippen molar-refractivity contribution in [1.82, 2.24) is 4.98 Å². The number of Topliss-reactive ketones (excluding diaryl/α,β-unsaturated/α-hetero) is 1. The van der Waals surface area contributed by atoms with E-state index in [1.807, 2.05) is 6.07 Å². The van der Waals surface area contributed by atoms with Crippen molar-refractivity contribution in [2.24, 2.45) is 0 Å². The summed E-state index contributed by atoms with van der Waals surface area (Å²) in [5, 5.41) is 9.15. The van der Waals surface area contributed by atoms with Crippen LogP contribution in [0.5, 0.6) is 0 Å². The lowest BCUT2D eigenvalue weighted by molar-refractivity contribution is -0.140. The molecular weight excluding hydrogens is 438 g/mol. The predicted octanol–water partition coefficient (Wildman–Crippen LogP) is 6.05. The van der Waals surface area contributed by atoms with Gasteiger partial charge in [0.2, 0.25) is 0 Å². The number of unbranched alkanes of at least 4 members (excludes halogenated alkanes) is 1. The van der Waals surface area contributed by atoms with Crippen LogP contribution in [0, 0.1) is 5.82 Å². The first-order chi connectivity index (χ1) is 15.6. The minimum atomic E-state index is -4.90. The number of carbonyl (C=O) groups is 2. The average Bonchev–Trinajstić information content (AvgIpc) is 2.75. The third-order valence-electron chi connectivity index (χ3n) is 6.04. The molecule has 1 atom stereocenters. The number of alkyl halides is 3. The summed E-state index contributed by atoms with van der Waals surface area (Å²) >= 11 is 0. The van der Waals surface area contributed by atoms with E-state index in [1.165, 1.54) is 12.0 Å². The molecule has 0 aliphatic heterocycles. The van der Waals surface area contributed by atoms with Gasteiger partial charge in [0.25, 0.3) is 0 Å². The molecule has 0 saturated heterocycles. The maximum Gasteiger partial charge on any atom is 0.419 e. The van der Waals surface area contributed by atoms with Crippen LogP contribution in [0.4, 0.5) is 17.6 Å². The number of rotatable bonds is 10. The number of carboxylic acid groups (broad SMARTS) is 1. The molecule has 0 radical (unpaired) electrons. The van der Waals surface area contributed by atoms with Crippen molar-refractivity contribution in [2.75, 3.05) is 0 Å². The Kier molecular flexibility index (Phi) is 8.21. The molecule has 1 heterocycles. The number of fused-ring (bicyclic) bond motifs is 1. The fourth-order valence-electron chi connectivity index (χ4n) is 4.30. The number of benzene rings is 1. The highest BCUT2D eigenvalue weighted by Gasteiger charge is 2.35. The van der Waals surface area contributed by atoms with Crippen LogP contribution in [0.25, 0.3) is 0 Å². The summed E-state index contributed by atoms with van der Waals surface area (Å²) in [7, 11) is 0. The van der Waals surface area contributed by atoms with Crippen molar-refractivity contribution in [3.8, 4) is 0 Å². The summed E-state index contributed by atoms with van der Waals surface area (Å²) in [5.74, 6) is -3.83. The topological polar surface area (TPSA) is 67.3 Å². The minimum absolute atomic E-state index is 0.00210. The second-order valence-electron chi connectivity index (χ2n) is 8.60. The first-order valence-corrected chi connectivity index (χ1v) is 11.2. The highest BCUT2D eigenvalue weighted by molar-refractivity contribution is 5.80. The molecule has 0 spiro atoms. The van der Waals surface area contributed by atoms with Crippen LogP contribution in [-0.2, 0) is 35.0 Å². The SMILES string of the molecule is O=C(O)C[C@H](CC(=O)CCCCc1ccc2c(n1)CCCC2)c1ccc(F)c(C(F)(F)F)c1. The molecule has 0 amide bonds. The number of aryl methyl sites for hydroxylation is 3. The normalized spacial score (nSPS) is 14.5. The molecule has 3 rings (SSSR count). The zero-order valence-corrected chi connectivity index (χ0v) is 18.3. The van der Waals surface area contributed by atoms with Crippen molar-refractivity contribution in [1.29, 1.82) is 0 Å². The van der Waals surface area contributed by atoms with Gasteiger partial charge in [0, 0.05) is 30.1 Å². The number of pyridine rings is 1. The largest absolute Gasteiger partial charge is 0.481 e. The first kappa shape index (κ1) is 24.9. The summed E-state index contributed by atoms with van der Waals surface area (Å²) in [4.78, 5) is 28.4. The number of carboxylic acids is 1. The van der Waals surface area contributed by atoms with Crippen molar-refractivity contribution in [3.05, 3.63) is 64.2 Å². The Morgan fingerprint density at radius 3 is 2.52 bits per heavy atom. The van der Waals surface area contributed by atoms with Gasteiger partial charge in [-0.2, -0.15) is 13.2 Å². The molecule has 0 bridgehead atoms. The minimum Gasteiger partial charge on any atom is -0.481 e. The molecule has 178 valence electrons. The van der Waals surface area contributed by atoms with Gasteiger partial charge in [0.1, 0.15) is 11.6 Å². The quantitative estimate of drug-likeness (QED) is 0.343. The van der Waals surface area contributed by atoms with Gasteiger partial charge in [-0.25, -0.2) is 4.39 Å². The standard InChI is InChI=1S/C25H27F4NO3/c26-22-12-10-17(14-21(22)25(27,28)29)18(15-24(32)33)13-20(31)7-3-2-6-19-11-9-16-5-1-4-8-23(16)30-19/h9-12,14,18H,1-8,13,15H2,(H,32,33)/t18-/m0/s1. The fourth-order valence-corrected chi connectivity index (χ4v) is 4.30. The number of hydrogen-bond donors (Lipinski definition) is 1. The third kappa shape index (κ3) is 7.11. The second kappa shape index (κ2) is 10.9. The molecular formula is C25H27F4NO3. The van der Waals surface area contributed by atoms with E-state index in [9.17, 15) is 27.2 Å². The Balaban J connectivity index is 1.56. The van der Waals surface area contributed by atoms with E-state index in [0.717, 1.165) is 49.6 Å². The van der Waals surface area contributed by atoms with Gasteiger partial charge < -0.3 is 5.11 Å². The van der Waals surface area contributed by atoms with E-state index < -0.39 is 35.9 Å². The molecule has 1 aliphatic rings. The summed E-state index contributed by atoms with van der Waals surface area (Å²) in [6, 6.07) is 6.53. The Hall–Kier alpha value is -2.77. The van der Waals surface area contributed by atoms with Crippen LogP contribution in [0.1, 0.15) is 78.9 Å². The molecule has 1 aromatic heterocycles. The Labute approximate surface area is 190 Å². The average molecular weight is 465 g/mol. The Morgan fingerprint density at radius 1 is 1.03 bits per heavy atom. The number of aliphatic carboxylic acids is 1. The lowest BCUT2D eigenvalue weighted by Crippen LogP contribution is -2.14. The van der Waals surface area contributed by atoms with E-state index in [2.05, 4.69) is 6.07 Å². The maximum absolute atomic E-state index is 13.6. The van der Waals surface area contributed by atoms with Gasteiger partial charge in [0.15, 0.2) is 0 Å². The lowest BCUT2D eigenvalue weighted by Gasteiger charge is -2.17. The van der Waals surface area contributed by atoms with Gasteiger partial charge in [-0.15, -0.1) is 0 Å². The monoisotopic (exact) mass is 465 g/mol. The van der Waals surface area contributed by atoms with Crippen LogP contribution < -0.4 is 0 Å². The van der Waals surface area contributed by atoms with Crippen LogP contribution in [0.2, 0.25) is 0 Å². The van der Waals surface area contributed by atoms with Crippen LogP contribution >= 0.6 is 0 Å². The number of aromatic nitrogens is 1. The van der Waals surface area contributed by atoms with Gasteiger partial charge in [-0.05, 0) is 74.3 Å². The van der Waals surface area contributed by atoms with E-state index in [-0.39, 0.29) is 24.2 Å². The van der Waals surface area contributed by atoms with Crippen LogP contribution in [0.15, 0.2) is 30.3 Å². The number of carbonyl (C=O) groups excluding carboxylic acids is 1. The van der Waals surface area contributed by atoms with Gasteiger partial charge in [-0.3, -0.25) is 14.6 Å². The lowest BCUT2D eigenvalue weighted by atomic mass is 9.88. The van der Waals surface area contributed by atoms with Crippen LogP contribution in [0.3, 0.4) is 0 Å². The molecule has 2 aromatic rings. The predicted molar refractivity (Wildman–Crippen MR) is 114 cm³/mol. The molecule has 4 nitrogen and oxygen atoms in total. The number of ketones is 1. The van der Waals surface area contributed by atoms with Crippen molar-refractivity contribution in [2.45, 2.75) is 76.3 Å². The van der Waals surface area contributed by atoms with Crippen LogP contribution in [-0.4, -0.2) is 21.8 Å². The number of nitrogens with zero attached hydrogens (tertiary/aromatic N) is 1. The molecule has 0 saturated carbocycles. The fraction of sp³-hybridized carbons (Fsp3) is 0.480. The summed E-state index contributed by atoms with van der Waals surface area (Å²) in [6.07, 6.45) is 1.02. The Bertz CT molecular complexity index is 1000. The van der Waals surface area contributed by atoms with Crippen molar-refractivity contribution >= 4 is 11.8 Å². The molecule has 8 heteroatoms. The summed E-state index contributed by atoms with van der Waals surface area (Å²) in [6.45, 7) is 0. The maximum atomic E-state index is 13.6. The molecule has 1 aromatic carbocycles. The molecule has 0 fully saturated rings. The van der Waals surface area contributed by atoms with Crippen molar-refractivity contribution in [3.63, 3.8) is 0 Å². The second-order valence-corrected chi connectivity index (χ2v) is 8.60. The van der Waals surface area contributed by atoms with Crippen molar-refractivity contribution < 1.29 is 32.3 Å². The molecule has 1 N–H and O–H groups in total. The molecule has 33 heavy (non-hydrogen) atoms. The molecule has 0 unspecified atom stereocenters. The van der Waals surface area contributed by atoms with E-state index >= 15 is 0 Å². The number of hydrogen-bond acceptors (Lipinski definition) is 3. The smallest absolute Gasteiger partial charge is 0.419 e. The first-order valence-electron chi connectivity index (χ1n) is 11.2. The third-order valence-corrected chi connectivity index (χ3v) is 6.04. The van der Waals surface area contributed by atoms with Gasteiger partial charge in [-0.1, -0.05) is 12.1 Å². The summed E-state index contributed by atoms with van der Waals surface area (Å²) in [5.41, 5.74) is 1.99. The van der Waals surface area contributed by atoms with Gasteiger partial charge >= 0.3 is 12.1 Å². The number of halogens is 4. The van der Waals surface area contributed by atoms with E-state index in [4.69, 9.17) is 10.1 Å². The highest BCUT2D eigenvalue weighted by Crippen LogP contribution is 2.35. The van der Waals surface area contributed by atoms with E-state index in [1.54, 1.807) is 0 Å². The molecule has 1 aliphatic carbocycles. The van der Waals surface area contributed by atoms with E-state index in [0.29, 0.717) is 18.6 Å². The summed E-state index contributed by atoms with van der Waals surface area (Å²) < 4.78 is 52.7. The Morgan fingerprint density at radius 2 is 1.79 bits per heavy atom. The zero-order valence-electron chi connectivity index (χ0n) is 18.3. The van der Waals surface area contributed by atoms with Gasteiger partial charge in [0.05, 0.1) is 12.0 Å².